The Labute approximate surface area is 202 Å². The second-order valence-electron chi connectivity index (χ2n) is 6.48. The largest absolute Gasteiger partial charge is 2.00 e. The second-order valence-corrected chi connectivity index (χ2v) is 8.96. The fraction of sp³-hybridized carbons (Fsp3) is 0.0714. The third-order valence-corrected chi connectivity index (χ3v) is 7.09. The Balaban J connectivity index is 0.000000239. The third-order valence-electron chi connectivity index (χ3n) is 4.36. The molecular weight excluding hydrogens is 456 g/mol. The fourth-order valence-corrected chi connectivity index (χ4v) is 5.57. The van der Waals surface area contributed by atoms with Gasteiger partial charge in [0.1, 0.15) is 0 Å². The van der Waals surface area contributed by atoms with Crippen molar-refractivity contribution in [1.29, 1.82) is 0 Å². The summed E-state index contributed by atoms with van der Waals surface area (Å²) in [7, 11) is -0.877. The Morgan fingerprint density at radius 2 is 0.833 bits per heavy atom. The van der Waals surface area contributed by atoms with Crippen LogP contribution in [0.4, 0.5) is 0 Å². The van der Waals surface area contributed by atoms with Gasteiger partial charge in [0.05, 0.1) is 0 Å². The predicted molar refractivity (Wildman–Crippen MR) is 127 cm³/mol. The molecule has 0 heterocycles. The third kappa shape index (κ3) is 8.22. The number of benzene rings is 3. The van der Waals surface area contributed by atoms with Crippen molar-refractivity contribution < 1.29 is 26.2 Å². The second kappa shape index (κ2) is 14.7. The van der Waals surface area contributed by atoms with Crippen LogP contribution in [-0.2, 0) is 26.2 Å². The first-order valence-electron chi connectivity index (χ1n) is 9.92. The van der Waals surface area contributed by atoms with Gasteiger partial charge in [0.2, 0.25) is 0 Å². The maximum atomic E-state index is 2.99. The molecule has 0 nitrogen and oxygen atoms in total. The Morgan fingerprint density at radius 1 is 0.500 bits per heavy atom. The number of hydrogen-bond donors (Lipinski definition) is 0. The molecule has 0 saturated heterocycles. The molecule has 2 aliphatic rings. The SMILES string of the molecule is [C-]1=CC=CC1.[C-]1=CC=CC1.[Zr+2].c1ccc([Si](c2ccccc2)c2ccccc2)cc1. The first-order valence-corrected chi connectivity index (χ1v) is 11.4. The quantitative estimate of drug-likeness (QED) is 0.287. The summed E-state index contributed by atoms with van der Waals surface area (Å²) in [6.45, 7) is 0. The summed E-state index contributed by atoms with van der Waals surface area (Å²) < 4.78 is 0. The van der Waals surface area contributed by atoms with Gasteiger partial charge in [-0.1, -0.05) is 107 Å². The van der Waals surface area contributed by atoms with Crippen molar-refractivity contribution in [2.45, 2.75) is 12.8 Å². The average Bonchev–Trinajstić information content (AvgIpc) is 3.55. The van der Waals surface area contributed by atoms with Gasteiger partial charge in [0.15, 0.2) is 8.80 Å². The van der Waals surface area contributed by atoms with Crippen molar-refractivity contribution in [2.24, 2.45) is 0 Å². The van der Waals surface area contributed by atoms with E-state index in [2.05, 4.69) is 115 Å². The summed E-state index contributed by atoms with van der Waals surface area (Å²) in [6, 6.07) is 32.5. The molecule has 2 aliphatic carbocycles. The van der Waals surface area contributed by atoms with Crippen LogP contribution in [0.15, 0.2) is 127 Å². The zero-order valence-electron chi connectivity index (χ0n) is 17.0. The fourth-order valence-electron chi connectivity index (χ4n) is 2.99. The van der Waals surface area contributed by atoms with Gasteiger partial charge in [-0.15, -0.1) is 12.8 Å². The van der Waals surface area contributed by atoms with Crippen LogP contribution >= 0.6 is 0 Å². The molecule has 2 heteroatoms. The topological polar surface area (TPSA) is 0 Å². The molecule has 3 aromatic carbocycles. The van der Waals surface area contributed by atoms with Gasteiger partial charge in [-0.05, 0) is 0 Å². The Kier molecular flexibility index (Phi) is 11.7. The van der Waals surface area contributed by atoms with Crippen molar-refractivity contribution in [3.63, 3.8) is 0 Å². The molecule has 145 valence electrons. The Bertz CT molecular complexity index is 806. The zero-order valence-corrected chi connectivity index (χ0v) is 20.5. The van der Waals surface area contributed by atoms with Crippen LogP contribution in [-0.4, -0.2) is 8.80 Å². The minimum atomic E-state index is -0.877. The first kappa shape index (κ1) is 24.0. The monoisotopic (exact) mass is 479 g/mol. The summed E-state index contributed by atoms with van der Waals surface area (Å²) in [5, 5.41) is 4.31. The summed E-state index contributed by atoms with van der Waals surface area (Å²) in [5.74, 6) is 0. The van der Waals surface area contributed by atoms with Crippen LogP contribution in [0, 0.1) is 12.2 Å². The van der Waals surface area contributed by atoms with Gasteiger partial charge in [-0.25, -0.2) is 24.3 Å². The van der Waals surface area contributed by atoms with Crippen molar-refractivity contribution in [3.05, 3.63) is 140 Å². The summed E-state index contributed by atoms with van der Waals surface area (Å²) in [4.78, 5) is 0. The van der Waals surface area contributed by atoms with Crippen molar-refractivity contribution in [1.82, 2.24) is 0 Å². The molecule has 3 aromatic rings. The van der Waals surface area contributed by atoms with E-state index >= 15 is 0 Å². The molecule has 1 radical (unpaired) electrons. The maximum absolute atomic E-state index is 2.99. The van der Waals surface area contributed by atoms with E-state index in [0.29, 0.717) is 0 Å². The van der Waals surface area contributed by atoms with Gasteiger partial charge in [-0.2, -0.15) is 12.2 Å². The van der Waals surface area contributed by atoms with Gasteiger partial charge in [0.25, 0.3) is 0 Å². The minimum Gasteiger partial charge on any atom is -0.273 e. The van der Waals surface area contributed by atoms with E-state index in [4.69, 9.17) is 0 Å². The number of allylic oxidation sites excluding steroid dienone is 8. The van der Waals surface area contributed by atoms with Gasteiger partial charge < -0.3 is 0 Å². The van der Waals surface area contributed by atoms with Crippen molar-refractivity contribution in [2.75, 3.05) is 0 Å². The Hall–Kier alpha value is -2.28. The number of rotatable bonds is 3. The molecule has 5 rings (SSSR count). The molecule has 0 amide bonds. The van der Waals surface area contributed by atoms with E-state index in [1.165, 1.54) is 15.6 Å². The molecule has 0 aromatic heterocycles. The average molecular weight is 481 g/mol. The smallest absolute Gasteiger partial charge is 0.273 e. The van der Waals surface area contributed by atoms with E-state index < -0.39 is 8.80 Å². The van der Waals surface area contributed by atoms with Crippen molar-refractivity contribution >= 4 is 24.4 Å². The van der Waals surface area contributed by atoms with E-state index in [0.717, 1.165) is 12.8 Å². The molecule has 0 fully saturated rings. The van der Waals surface area contributed by atoms with Gasteiger partial charge in [-0.3, -0.25) is 12.2 Å². The van der Waals surface area contributed by atoms with Crippen LogP contribution in [0.25, 0.3) is 0 Å². The summed E-state index contributed by atoms with van der Waals surface area (Å²) in [6.07, 6.45) is 20.0. The standard InChI is InChI=1S/C18H15Si.2C5H5.Zr/c1-4-10-16(11-5-1)19(17-12-6-2-7-13-17)18-14-8-3-9-15-18;2*1-2-4-5-3-1;/h1-15H;2*1-3H,4H2;/q;2*-1;+2. The Morgan fingerprint density at radius 3 is 1.03 bits per heavy atom. The molecule has 0 unspecified atom stereocenters. The number of hydrogen-bond acceptors (Lipinski definition) is 0. The van der Waals surface area contributed by atoms with E-state index in [-0.39, 0.29) is 26.2 Å². The predicted octanol–water partition coefficient (Wildman–Crippen LogP) is 4.81. The molecular formula is C28H25SiZr. The molecule has 0 saturated carbocycles. The minimum absolute atomic E-state index is 0. The maximum Gasteiger partial charge on any atom is 2.00 e. The van der Waals surface area contributed by atoms with Gasteiger partial charge >= 0.3 is 26.2 Å². The molecule has 30 heavy (non-hydrogen) atoms. The summed E-state index contributed by atoms with van der Waals surface area (Å²) in [5.41, 5.74) is 0. The van der Waals surface area contributed by atoms with Crippen LogP contribution in [0.5, 0.6) is 0 Å². The normalized spacial score (nSPS) is 12.6. The first-order chi connectivity index (χ1) is 14.4. The summed E-state index contributed by atoms with van der Waals surface area (Å²) >= 11 is 0. The molecule has 0 atom stereocenters. The zero-order chi connectivity index (χ0) is 20.0. The van der Waals surface area contributed by atoms with E-state index in [1.54, 1.807) is 0 Å². The van der Waals surface area contributed by atoms with Crippen molar-refractivity contribution in [3.8, 4) is 0 Å². The van der Waals surface area contributed by atoms with Gasteiger partial charge in [0, 0.05) is 0 Å². The van der Waals surface area contributed by atoms with E-state index in [9.17, 15) is 0 Å². The van der Waals surface area contributed by atoms with Crippen LogP contribution in [0.2, 0.25) is 0 Å². The molecule has 0 aliphatic heterocycles. The van der Waals surface area contributed by atoms with Crippen LogP contribution < -0.4 is 15.6 Å². The molecule has 0 spiro atoms. The van der Waals surface area contributed by atoms with Crippen LogP contribution in [0.1, 0.15) is 12.8 Å². The van der Waals surface area contributed by atoms with Crippen LogP contribution in [0.3, 0.4) is 0 Å². The van der Waals surface area contributed by atoms with E-state index in [1.807, 2.05) is 24.3 Å². The molecule has 0 N–H and O–H groups in total. The molecule has 0 bridgehead atoms.